The number of nitrogens with zero attached hydrogens (tertiary/aromatic N) is 2. The van der Waals surface area contributed by atoms with Gasteiger partial charge in [-0.05, 0) is 30.7 Å². The minimum Gasteiger partial charge on any atom is -0.322 e. The van der Waals surface area contributed by atoms with E-state index in [1.54, 1.807) is 24.3 Å². The number of amides is 1. The Kier molecular flexibility index (Phi) is 4.94. The van der Waals surface area contributed by atoms with E-state index in [4.69, 9.17) is 0 Å². The second-order valence-electron chi connectivity index (χ2n) is 5.48. The normalized spacial score (nSPS) is 11.0. The first-order chi connectivity index (χ1) is 12.5. The summed E-state index contributed by atoms with van der Waals surface area (Å²) >= 11 is 0. The van der Waals surface area contributed by atoms with Crippen LogP contribution in [-0.4, -0.2) is 24.3 Å². The largest absolute Gasteiger partial charge is 0.322 e. The predicted molar refractivity (Wildman–Crippen MR) is 98.4 cm³/mol. The quantitative estimate of drug-likeness (QED) is 0.721. The molecule has 1 heterocycles. The standard InChI is InChI=1S/C18H16N4O3S/c1-13-7-5-6-10-16(13)21-17(23)14-11-19-18(20-12-14)22-26(24,25)15-8-3-2-4-9-15/h2-12H,1H3,(H,21,23)(H,19,20,22). The number of benzene rings is 2. The molecule has 1 amide bonds. The van der Waals surface area contributed by atoms with Crippen LogP contribution in [0.2, 0.25) is 0 Å². The summed E-state index contributed by atoms with van der Waals surface area (Å²) < 4.78 is 26.7. The monoisotopic (exact) mass is 368 g/mol. The van der Waals surface area contributed by atoms with Crippen molar-refractivity contribution in [1.29, 1.82) is 0 Å². The van der Waals surface area contributed by atoms with Gasteiger partial charge in [-0.25, -0.2) is 23.1 Å². The van der Waals surface area contributed by atoms with Crippen molar-refractivity contribution in [2.24, 2.45) is 0 Å². The van der Waals surface area contributed by atoms with Crippen molar-refractivity contribution >= 4 is 27.6 Å². The first-order valence-corrected chi connectivity index (χ1v) is 9.21. The third kappa shape index (κ3) is 4.04. The van der Waals surface area contributed by atoms with Crippen molar-refractivity contribution in [2.75, 3.05) is 10.0 Å². The number of rotatable bonds is 5. The van der Waals surface area contributed by atoms with Gasteiger partial charge in [-0.15, -0.1) is 0 Å². The molecule has 1 aromatic heterocycles. The van der Waals surface area contributed by atoms with E-state index in [1.165, 1.54) is 24.5 Å². The van der Waals surface area contributed by atoms with Gasteiger partial charge in [0, 0.05) is 18.1 Å². The van der Waals surface area contributed by atoms with E-state index in [-0.39, 0.29) is 22.3 Å². The second-order valence-corrected chi connectivity index (χ2v) is 7.17. The molecule has 0 unspecified atom stereocenters. The Labute approximate surface area is 151 Å². The molecule has 0 saturated heterocycles. The van der Waals surface area contributed by atoms with Crippen molar-refractivity contribution in [1.82, 2.24) is 9.97 Å². The van der Waals surface area contributed by atoms with Crippen LogP contribution in [0.25, 0.3) is 0 Å². The molecule has 0 aliphatic carbocycles. The van der Waals surface area contributed by atoms with Crippen molar-refractivity contribution in [3.05, 3.63) is 78.1 Å². The molecule has 8 heteroatoms. The van der Waals surface area contributed by atoms with E-state index in [0.29, 0.717) is 5.69 Å². The van der Waals surface area contributed by atoms with Gasteiger partial charge in [0.25, 0.3) is 15.9 Å². The summed E-state index contributed by atoms with van der Waals surface area (Å²) in [6.07, 6.45) is 2.53. The predicted octanol–water partition coefficient (Wildman–Crippen LogP) is 2.84. The number of para-hydroxylation sites is 1. The highest BCUT2D eigenvalue weighted by Gasteiger charge is 2.15. The fourth-order valence-corrected chi connectivity index (χ4v) is 3.16. The minimum absolute atomic E-state index is 0.102. The van der Waals surface area contributed by atoms with Gasteiger partial charge in [0.2, 0.25) is 5.95 Å². The maximum absolute atomic E-state index is 12.3. The highest BCUT2D eigenvalue weighted by molar-refractivity contribution is 7.92. The molecule has 26 heavy (non-hydrogen) atoms. The first-order valence-electron chi connectivity index (χ1n) is 7.72. The maximum atomic E-state index is 12.3. The summed E-state index contributed by atoms with van der Waals surface area (Å²) in [4.78, 5) is 20.2. The number of hydrogen-bond acceptors (Lipinski definition) is 5. The first kappa shape index (κ1) is 17.6. The fraction of sp³-hybridized carbons (Fsp3) is 0.0556. The van der Waals surface area contributed by atoms with Crippen LogP contribution >= 0.6 is 0 Å². The highest BCUT2D eigenvalue weighted by Crippen LogP contribution is 2.15. The lowest BCUT2D eigenvalue weighted by Gasteiger charge is -2.09. The SMILES string of the molecule is Cc1ccccc1NC(=O)c1cnc(NS(=O)(=O)c2ccccc2)nc1. The van der Waals surface area contributed by atoms with Crippen molar-refractivity contribution < 1.29 is 13.2 Å². The number of carbonyl (C=O) groups excluding carboxylic acids is 1. The fourth-order valence-electron chi connectivity index (χ4n) is 2.18. The van der Waals surface area contributed by atoms with Gasteiger partial charge in [0.15, 0.2) is 0 Å². The lowest BCUT2D eigenvalue weighted by molar-refractivity contribution is 0.102. The highest BCUT2D eigenvalue weighted by atomic mass is 32.2. The van der Waals surface area contributed by atoms with Gasteiger partial charge in [0.1, 0.15) is 0 Å². The van der Waals surface area contributed by atoms with E-state index < -0.39 is 10.0 Å². The molecule has 0 fully saturated rings. The zero-order chi connectivity index (χ0) is 18.6. The van der Waals surface area contributed by atoms with Crippen LogP contribution in [0.4, 0.5) is 11.6 Å². The van der Waals surface area contributed by atoms with Crippen LogP contribution in [0.5, 0.6) is 0 Å². The van der Waals surface area contributed by atoms with Gasteiger partial charge in [0.05, 0.1) is 10.5 Å². The van der Waals surface area contributed by atoms with E-state index >= 15 is 0 Å². The molecule has 0 atom stereocenters. The van der Waals surface area contributed by atoms with Crippen molar-refractivity contribution in [3.8, 4) is 0 Å². The van der Waals surface area contributed by atoms with E-state index in [2.05, 4.69) is 20.0 Å². The lowest BCUT2D eigenvalue weighted by Crippen LogP contribution is -2.17. The molecular formula is C18H16N4O3S. The molecule has 0 radical (unpaired) electrons. The molecule has 0 bridgehead atoms. The van der Waals surface area contributed by atoms with Gasteiger partial charge >= 0.3 is 0 Å². The average molecular weight is 368 g/mol. The number of aromatic nitrogens is 2. The Morgan fingerprint density at radius 2 is 1.54 bits per heavy atom. The third-order valence-electron chi connectivity index (χ3n) is 3.59. The average Bonchev–Trinajstić information content (AvgIpc) is 2.64. The van der Waals surface area contributed by atoms with Gasteiger partial charge in [-0.3, -0.25) is 4.79 Å². The molecule has 7 nitrogen and oxygen atoms in total. The van der Waals surface area contributed by atoms with Crippen LogP contribution in [0, 0.1) is 6.92 Å². The summed E-state index contributed by atoms with van der Waals surface area (Å²) in [6, 6.07) is 15.3. The van der Waals surface area contributed by atoms with E-state index in [9.17, 15) is 13.2 Å². The number of nitrogens with one attached hydrogen (secondary N) is 2. The van der Waals surface area contributed by atoms with Gasteiger partial charge in [-0.2, -0.15) is 0 Å². The van der Waals surface area contributed by atoms with E-state index in [1.807, 2.05) is 25.1 Å². The maximum Gasteiger partial charge on any atom is 0.264 e. The topological polar surface area (TPSA) is 101 Å². The van der Waals surface area contributed by atoms with Crippen LogP contribution in [0.1, 0.15) is 15.9 Å². The number of anilines is 2. The van der Waals surface area contributed by atoms with Crippen molar-refractivity contribution in [3.63, 3.8) is 0 Å². The summed E-state index contributed by atoms with van der Waals surface area (Å²) in [5, 5.41) is 2.76. The van der Waals surface area contributed by atoms with Crippen LogP contribution in [0.15, 0.2) is 71.9 Å². The number of hydrogen-bond donors (Lipinski definition) is 2. The smallest absolute Gasteiger partial charge is 0.264 e. The summed E-state index contributed by atoms with van der Waals surface area (Å²) in [5.74, 6) is -0.488. The number of carbonyl (C=O) groups is 1. The van der Waals surface area contributed by atoms with Crippen molar-refractivity contribution in [2.45, 2.75) is 11.8 Å². The molecule has 2 aromatic carbocycles. The Balaban J connectivity index is 1.72. The second kappa shape index (κ2) is 7.32. The minimum atomic E-state index is -3.78. The molecule has 3 rings (SSSR count). The Morgan fingerprint density at radius 1 is 0.923 bits per heavy atom. The molecule has 132 valence electrons. The zero-order valence-electron chi connectivity index (χ0n) is 13.9. The molecule has 3 aromatic rings. The summed E-state index contributed by atoms with van der Waals surface area (Å²) in [7, 11) is -3.78. The van der Waals surface area contributed by atoms with Gasteiger partial charge < -0.3 is 5.32 Å². The Bertz CT molecular complexity index is 1020. The molecule has 0 saturated carbocycles. The number of aryl methyl sites for hydroxylation is 1. The molecule has 0 aliphatic heterocycles. The molecule has 0 spiro atoms. The zero-order valence-corrected chi connectivity index (χ0v) is 14.7. The van der Waals surface area contributed by atoms with Crippen LogP contribution in [0.3, 0.4) is 0 Å². The summed E-state index contributed by atoms with van der Waals surface area (Å²) in [6.45, 7) is 1.88. The van der Waals surface area contributed by atoms with Crippen LogP contribution < -0.4 is 10.0 Å². The summed E-state index contributed by atoms with van der Waals surface area (Å²) in [5.41, 5.74) is 1.83. The van der Waals surface area contributed by atoms with Crippen LogP contribution in [-0.2, 0) is 10.0 Å². The Hall–Kier alpha value is -3.26. The molecule has 2 N–H and O–H groups in total. The third-order valence-corrected chi connectivity index (χ3v) is 4.93. The molecule has 0 aliphatic rings. The Morgan fingerprint density at radius 3 is 2.19 bits per heavy atom. The van der Waals surface area contributed by atoms with Gasteiger partial charge in [-0.1, -0.05) is 36.4 Å². The lowest BCUT2D eigenvalue weighted by atomic mass is 10.2. The van der Waals surface area contributed by atoms with E-state index in [0.717, 1.165) is 5.56 Å². The molecular weight excluding hydrogens is 352 g/mol. The number of sulfonamides is 1.